The summed E-state index contributed by atoms with van der Waals surface area (Å²) < 4.78 is 6.00. The van der Waals surface area contributed by atoms with E-state index in [1.807, 2.05) is 0 Å². The number of hydrogen-bond donors (Lipinski definition) is 1. The number of hydrogen-bond acceptors (Lipinski definition) is 3. The summed E-state index contributed by atoms with van der Waals surface area (Å²) in [6.45, 7) is 6.51. The van der Waals surface area contributed by atoms with Crippen LogP contribution >= 0.6 is 0 Å². The van der Waals surface area contributed by atoms with Crippen molar-refractivity contribution in [2.24, 2.45) is 0 Å². The van der Waals surface area contributed by atoms with E-state index in [4.69, 9.17) is 4.74 Å². The molecule has 0 amide bonds. The van der Waals surface area contributed by atoms with Crippen molar-refractivity contribution in [2.75, 3.05) is 27.2 Å². The van der Waals surface area contributed by atoms with Gasteiger partial charge < -0.3 is 15.0 Å². The zero-order valence-corrected chi connectivity index (χ0v) is 11.9. The standard InChI is InChI=1S/C14H28N2O/c1-13(2)9-6-12(17-13)10-15-11-14(16(3)4)7-5-8-14/h12,15H,5-11H2,1-4H3. The Hall–Kier alpha value is -0.120. The van der Waals surface area contributed by atoms with Gasteiger partial charge in [0.05, 0.1) is 11.7 Å². The summed E-state index contributed by atoms with van der Waals surface area (Å²) in [6, 6.07) is 0. The Kier molecular flexibility index (Phi) is 3.81. The predicted molar refractivity (Wildman–Crippen MR) is 71.3 cm³/mol. The Morgan fingerprint density at radius 3 is 2.35 bits per heavy atom. The molecule has 1 saturated heterocycles. The largest absolute Gasteiger partial charge is 0.371 e. The monoisotopic (exact) mass is 240 g/mol. The minimum Gasteiger partial charge on any atom is -0.371 e. The highest BCUT2D eigenvalue weighted by Gasteiger charge is 2.39. The summed E-state index contributed by atoms with van der Waals surface area (Å²) in [5.74, 6) is 0. The molecule has 1 unspecified atom stereocenters. The first kappa shape index (κ1) is 13.3. The van der Waals surface area contributed by atoms with E-state index in [-0.39, 0.29) is 5.60 Å². The fourth-order valence-electron chi connectivity index (χ4n) is 3.05. The Morgan fingerprint density at radius 2 is 1.94 bits per heavy atom. The zero-order valence-electron chi connectivity index (χ0n) is 11.9. The molecule has 0 radical (unpaired) electrons. The van der Waals surface area contributed by atoms with Gasteiger partial charge in [0.25, 0.3) is 0 Å². The molecule has 1 saturated carbocycles. The molecule has 0 aromatic rings. The van der Waals surface area contributed by atoms with Crippen molar-refractivity contribution < 1.29 is 4.74 Å². The van der Waals surface area contributed by atoms with Crippen LogP contribution in [0, 0.1) is 0 Å². The summed E-state index contributed by atoms with van der Waals surface area (Å²) >= 11 is 0. The molecule has 0 spiro atoms. The third kappa shape index (κ3) is 3.01. The minimum atomic E-state index is 0.0993. The summed E-state index contributed by atoms with van der Waals surface area (Å²) in [7, 11) is 4.41. The Morgan fingerprint density at radius 1 is 1.24 bits per heavy atom. The fraction of sp³-hybridized carbons (Fsp3) is 1.00. The van der Waals surface area contributed by atoms with Crippen molar-refractivity contribution in [3.8, 4) is 0 Å². The summed E-state index contributed by atoms with van der Waals surface area (Å²) in [5.41, 5.74) is 0.524. The molecule has 1 heterocycles. The molecular weight excluding hydrogens is 212 g/mol. The second-order valence-electron chi connectivity index (χ2n) is 6.64. The molecule has 0 aromatic heterocycles. The van der Waals surface area contributed by atoms with E-state index in [9.17, 15) is 0 Å². The maximum atomic E-state index is 6.00. The van der Waals surface area contributed by atoms with E-state index in [1.54, 1.807) is 0 Å². The maximum absolute atomic E-state index is 6.00. The number of likely N-dealkylation sites (N-methyl/N-ethyl adjacent to an activating group) is 1. The van der Waals surface area contributed by atoms with Crippen molar-refractivity contribution in [3.63, 3.8) is 0 Å². The molecule has 0 aromatic carbocycles. The van der Waals surface area contributed by atoms with E-state index in [0.29, 0.717) is 11.6 Å². The zero-order chi connectivity index (χ0) is 12.5. The minimum absolute atomic E-state index is 0.0993. The van der Waals surface area contributed by atoms with Crippen molar-refractivity contribution in [1.29, 1.82) is 0 Å². The molecule has 0 bridgehead atoms. The highest BCUT2D eigenvalue weighted by Crippen LogP contribution is 2.35. The summed E-state index contributed by atoms with van der Waals surface area (Å²) in [6.07, 6.45) is 6.87. The van der Waals surface area contributed by atoms with Gasteiger partial charge in [0.15, 0.2) is 0 Å². The average Bonchev–Trinajstić information content (AvgIpc) is 2.49. The lowest BCUT2D eigenvalue weighted by atomic mass is 9.75. The van der Waals surface area contributed by atoms with Crippen LogP contribution in [0.25, 0.3) is 0 Å². The highest BCUT2D eigenvalue weighted by atomic mass is 16.5. The predicted octanol–water partition coefficient (Wildman–Crippen LogP) is 2.02. The Labute approximate surface area is 106 Å². The molecule has 1 atom stereocenters. The van der Waals surface area contributed by atoms with Crippen LogP contribution in [-0.4, -0.2) is 49.3 Å². The van der Waals surface area contributed by atoms with Crippen LogP contribution in [-0.2, 0) is 4.74 Å². The summed E-state index contributed by atoms with van der Waals surface area (Å²) in [5, 5.41) is 3.62. The van der Waals surface area contributed by atoms with Crippen LogP contribution in [0.15, 0.2) is 0 Å². The van der Waals surface area contributed by atoms with Crippen molar-refractivity contribution in [1.82, 2.24) is 10.2 Å². The van der Waals surface area contributed by atoms with Gasteiger partial charge in [0.2, 0.25) is 0 Å². The van der Waals surface area contributed by atoms with Gasteiger partial charge in [0.1, 0.15) is 0 Å². The van der Waals surface area contributed by atoms with Crippen LogP contribution in [0.2, 0.25) is 0 Å². The number of nitrogens with one attached hydrogen (secondary N) is 1. The van der Waals surface area contributed by atoms with Gasteiger partial charge in [-0.1, -0.05) is 0 Å². The van der Waals surface area contributed by atoms with Crippen LogP contribution in [0.1, 0.15) is 46.0 Å². The van der Waals surface area contributed by atoms with E-state index >= 15 is 0 Å². The highest BCUT2D eigenvalue weighted by molar-refractivity contribution is 4.97. The number of nitrogens with zero attached hydrogens (tertiary/aromatic N) is 1. The third-order valence-electron chi connectivity index (χ3n) is 4.61. The van der Waals surface area contributed by atoms with Gasteiger partial charge in [0, 0.05) is 18.6 Å². The van der Waals surface area contributed by atoms with Gasteiger partial charge in [-0.2, -0.15) is 0 Å². The lowest BCUT2D eigenvalue weighted by Gasteiger charge is -2.47. The quantitative estimate of drug-likeness (QED) is 0.795. The second-order valence-corrected chi connectivity index (χ2v) is 6.64. The molecule has 17 heavy (non-hydrogen) atoms. The molecule has 2 fully saturated rings. The molecule has 1 aliphatic carbocycles. The van der Waals surface area contributed by atoms with Crippen LogP contribution in [0.5, 0.6) is 0 Å². The summed E-state index contributed by atoms with van der Waals surface area (Å²) in [4.78, 5) is 2.39. The molecule has 3 nitrogen and oxygen atoms in total. The number of rotatable bonds is 5. The molecular formula is C14H28N2O. The normalized spacial score (nSPS) is 30.5. The Bertz CT molecular complexity index is 259. The first-order valence-electron chi connectivity index (χ1n) is 7.00. The lowest BCUT2D eigenvalue weighted by molar-refractivity contribution is -0.0172. The molecule has 2 rings (SSSR count). The molecule has 2 aliphatic rings. The van der Waals surface area contributed by atoms with E-state index in [2.05, 4.69) is 38.2 Å². The smallest absolute Gasteiger partial charge is 0.0707 e. The van der Waals surface area contributed by atoms with Crippen molar-refractivity contribution in [3.05, 3.63) is 0 Å². The number of ether oxygens (including phenoxy) is 1. The topological polar surface area (TPSA) is 24.5 Å². The van der Waals surface area contributed by atoms with Crippen LogP contribution in [0.3, 0.4) is 0 Å². The van der Waals surface area contributed by atoms with Gasteiger partial charge in [-0.3, -0.25) is 0 Å². The van der Waals surface area contributed by atoms with E-state index in [1.165, 1.54) is 32.1 Å². The first-order chi connectivity index (χ1) is 7.94. The first-order valence-corrected chi connectivity index (χ1v) is 7.00. The van der Waals surface area contributed by atoms with E-state index in [0.717, 1.165) is 13.1 Å². The molecule has 3 heteroatoms. The maximum Gasteiger partial charge on any atom is 0.0707 e. The Balaban J connectivity index is 1.70. The second kappa shape index (κ2) is 4.87. The van der Waals surface area contributed by atoms with Crippen LogP contribution < -0.4 is 5.32 Å². The lowest BCUT2D eigenvalue weighted by Crippen LogP contribution is -2.57. The average molecular weight is 240 g/mol. The molecule has 1 N–H and O–H groups in total. The SMILES string of the molecule is CN(C)C1(CNCC2CCC(C)(C)O2)CCC1. The van der Waals surface area contributed by atoms with Gasteiger partial charge in [-0.25, -0.2) is 0 Å². The van der Waals surface area contributed by atoms with Crippen molar-refractivity contribution >= 4 is 0 Å². The molecule has 1 aliphatic heterocycles. The van der Waals surface area contributed by atoms with Gasteiger partial charge >= 0.3 is 0 Å². The van der Waals surface area contributed by atoms with Gasteiger partial charge in [-0.15, -0.1) is 0 Å². The van der Waals surface area contributed by atoms with Gasteiger partial charge in [-0.05, 0) is 60.0 Å². The fourth-order valence-corrected chi connectivity index (χ4v) is 3.05. The third-order valence-corrected chi connectivity index (χ3v) is 4.61. The molecule has 100 valence electrons. The van der Waals surface area contributed by atoms with E-state index < -0.39 is 0 Å². The van der Waals surface area contributed by atoms with Crippen molar-refractivity contribution in [2.45, 2.75) is 63.2 Å². The van der Waals surface area contributed by atoms with Crippen LogP contribution in [0.4, 0.5) is 0 Å².